The van der Waals surface area contributed by atoms with Crippen molar-refractivity contribution in [3.63, 3.8) is 0 Å². The molecule has 9 nitrogen and oxygen atoms in total. The molecule has 1 aliphatic rings. The summed E-state index contributed by atoms with van der Waals surface area (Å²) in [6, 6.07) is 5.69. The van der Waals surface area contributed by atoms with E-state index in [0.717, 1.165) is 6.21 Å². The maximum Gasteiger partial charge on any atom is 0.307 e. The maximum atomic E-state index is 11.6. The molecule has 1 amide bonds. The molecule has 1 aromatic carbocycles. The van der Waals surface area contributed by atoms with Gasteiger partial charge >= 0.3 is 5.91 Å². The van der Waals surface area contributed by atoms with Gasteiger partial charge in [-0.1, -0.05) is 0 Å². The van der Waals surface area contributed by atoms with Gasteiger partial charge in [-0.2, -0.15) is 5.10 Å². The van der Waals surface area contributed by atoms with Crippen LogP contribution in [0.2, 0.25) is 0 Å². The van der Waals surface area contributed by atoms with Gasteiger partial charge in [0.15, 0.2) is 17.3 Å². The summed E-state index contributed by atoms with van der Waals surface area (Å²) in [4.78, 5) is 22.1. The Kier molecular flexibility index (Phi) is 3.44. The van der Waals surface area contributed by atoms with Gasteiger partial charge in [0.1, 0.15) is 0 Å². The van der Waals surface area contributed by atoms with Crippen molar-refractivity contribution in [3.05, 3.63) is 52.0 Å². The van der Waals surface area contributed by atoms with Crippen molar-refractivity contribution in [2.24, 2.45) is 5.10 Å². The van der Waals surface area contributed by atoms with Crippen molar-refractivity contribution in [2.75, 3.05) is 6.79 Å². The van der Waals surface area contributed by atoms with E-state index in [2.05, 4.69) is 10.5 Å². The number of fused-ring (bicyclic) bond motifs is 1. The van der Waals surface area contributed by atoms with E-state index in [1.807, 2.05) is 0 Å². The number of furan rings is 1. The van der Waals surface area contributed by atoms with Crippen molar-refractivity contribution < 1.29 is 23.6 Å². The molecule has 0 atom stereocenters. The van der Waals surface area contributed by atoms with E-state index in [9.17, 15) is 14.9 Å². The van der Waals surface area contributed by atoms with E-state index in [-0.39, 0.29) is 23.8 Å². The lowest BCUT2D eigenvalue weighted by molar-refractivity contribution is -0.385. The number of nitro groups is 1. The van der Waals surface area contributed by atoms with Crippen molar-refractivity contribution in [3.8, 4) is 11.5 Å². The Morgan fingerprint density at radius 1 is 1.36 bits per heavy atom. The summed E-state index contributed by atoms with van der Waals surface area (Å²) in [6.07, 6.45) is 2.50. The molecule has 1 aromatic heterocycles. The van der Waals surface area contributed by atoms with Crippen LogP contribution in [0.25, 0.3) is 0 Å². The van der Waals surface area contributed by atoms with Crippen LogP contribution in [0.4, 0.5) is 5.69 Å². The number of nitrogens with zero attached hydrogens (tertiary/aromatic N) is 2. The molecular weight excluding hydrogens is 294 g/mol. The van der Waals surface area contributed by atoms with Crippen molar-refractivity contribution in [1.82, 2.24) is 5.43 Å². The van der Waals surface area contributed by atoms with Crippen molar-refractivity contribution >= 4 is 17.8 Å². The van der Waals surface area contributed by atoms with Crippen LogP contribution in [-0.4, -0.2) is 23.8 Å². The summed E-state index contributed by atoms with van der Waals surface area (Å²) in [6.45, 7) is 0.00229. The Balaban J connectivity index is 1.81. The molecule has 0 unspecified atom stereocenters. The molecule has 0 saturated carbocycles. The first kappa shape index (κ1) is 13.6. The van der Waals surface area contributed by atoms with E-state index in [0.29, 0.717) is 11.5 Å². The fourth-order valence-electron chi connectivity index (χ4n) is 1.83. The number of rotatable bonds is 4. The van der Waals surface area contributed by atoms with Gasteiger partial charge < -0.3 is 13.9 Å². The standard InChI is InChI=1S/C13H9N3O6/c17-13(10-2-1-3-20-10)15-14-6-8-4-11-12(22-7-21-11)5-9(8)16(18)19/h1-6H,7H2,(H,15,17)/b14-6-. The average molecular weight is 303 g/mol. The molecule has 0 bridgehead atoms. The number of ether oxygens (including phenoxy) is 2. The summed E-state index contributed by atoms with van der Waals surface area (Å²) in [7, 11) is 0. The number of nitrogens with one attached hydrogen (secondary N) is 1. The lowest BCUT2D eigenvalue weighted by Gasteiger charge is -2.00. The Labute approximate surface area is 123 Å². The van der Waals surface area contributed by atoms with Gasteiger partial charge in [-0.3, -0.25) is 14.9 Å². The molecule has 0 radical (unpaired) electrons. The van der Waals surface area contributed by atoms with Gasteiger partial charge in [-0.25, -0.2) is 5.43 Å². The first-order chi connectivity index (χ1) is 10.6. The van der Waals surface area contributed by atoms with E-state index in [4.69, 9.17) is 13.9 Å². The average Bonchev–Trinajstić information content (AvgIpc) is 3.17. The molecule has 1 N–H and O–H groups in total. The molecule has 0 spiro atoms. The second kappa shape index (κ2) is 5.56. The highest BCUT2D eigenvalue weighted by Crippen LogP contribution is 2.37. The number of carbonyl (C=O) groups excluding carboxylic acids is 1. The van der Waals surface area contributed by atoms with E-state index < -0.39 is 10.8 Å². The third-order valence-corrected chi connectivity index (χ3v) is 2.83. The molecule has 9 heteroatoms. The van der Waals surface area contributed by atoms with Gasteiger partial charge in [0, 0.05) is 0 Å². The number of hydrogen-bond donors (Lipinski definition) is 1. The topological polar surface area (TPSA) is 116 Å². The molecule has 2 heterocycles. The number of amides is 1. The van der Waals surface area contributed by atoms with Crippen LogP contribution in [0, 0.1) is 10.1 Å². The fourth-order valence-corrected chi connectivity index (χ4v) is 1.83. The Hall–Kier alpha value is -3.36. The minimum Gasteiger partial charge on any atom is -0.459 e. The number of benzene rings is 1. The predicted octanol–water partition coefficient (Wildman–Crippen LogP) is 1.68. The third-order valence-electron chi connectivity index (χ3n) is 2.83. The Bertz CT molecular complexity index is 753. The van der Waals surface area contributed by atoms with E-state index in [1.165, 1.54) is 24.5 Å². The van der Waals surface area contributed by atoms with E-state index >= 15 is 0 Å². The zero-order chi connectivity index (χ0) is 15.5. The van der Waals surface area contributed by atoms with Crippen LogP contribution in [0.15, 0.2) is 40.0 Å². The summed E-state index contributed by atoms with van der Waals surface area (Å²) < 4.78 is 15.1. The van der Waals surface area contributed by atoms with Crippen molar-refractivity contribution in [2.45, 2.75) is 0 Å². The maximum absolute atomic E-state index is 11.6. The van der Waals surface area contributed by atoms with Crippen molar-refractivity contribution in [1.29, 1.82) is 0 Å². The van der Waals surface area contributed by atoms with Crippen LogP contribution < -0.4 is 14.9 Å². The SMILES string of the molecule is O=C(N/N=C\c1cc2c(cc1[N+](=O)[O-])OCO2)c1ccco1. The molecule has 0 saturated heterocycles. The minimum absolute atomic E-state index is 0.00229. The zero-order valence-electron chi connectivity index (χ0n) is 11.0. The minimum atomic E-state index is -0.572. The van der Waals surface area contributed by atoms with Gasteiger partial charge in [-0.05, 0) is 18.2 Å². The molecular formula is C13H9N3O6. The lowest BCUT2D eigenvalue weighted by Crippen LogP contribution is -2.16. The molecule has 0 fully saturated rings. The number of hydrazone groups is 1. The number of hydrogen-bond acceptors (Lipinski definition) is 7. The Morgan fingerprint density at radius 3 is 2.82 bits per heavy atom. The predicted molar refractivity (Wildman–Crippen MR) is 73.0 cm³/mol. The quantitative estimate of drug-likeness (QED) is 0.522. The fraction of sp³-hybridized carbons (Fsp3) is 0.0769. The largest absolute Gasteiger partial charge is 0.459 e. The number of nitro benzene ring substituents is 1. The molecule has 2 aromatic rings. The van der Waals surface area contributed by atoms with Gasteiger partial charge in [0.25, 0.3) is 5.69 Å². The summed E-state index contributed by atoms with van der Waals surface area (Å²) in [5.74, 6) is 0.190. The summed E-state index contributed by atoms with van der Waals surface area (Å²) in [5, 5.41) is 14.7. The second-order valence-electron chi connectivity index (χ2n) is 4.20. The highest BCUT2D eigenvalue weighted by molar-refractivity contribution is 5.93. The third kappa shape index (κ3) is 2.59. The monoisotopic (exact) mass is 303 g/mol. The van der Waals surface area contributed by atoms with Crippen LogP contribution >= 0.6 is 0 Å². The van der Waals surface area contributed by atoms with Crippen LogP contribution in [-0.2, 0) is 0 Å². The van der Waals surface area contributed by atoms with Gasteiger partial charge in [-0.15, -0.1) is 0 Å². The first-order valence-corrected chi connectivity index (χ1v) is 6.10. The molecule has 1 aliphatic heterocycles. The van der Waals surface area contributed by atoms with Crippen LogP contribution in [0.5, 0.6) is 11.5 Å². The van der Waals surface area contributed by atoms with Crippen LogP contribution in [0.3, 0.4) is 0 Å². The second-order valence-corrected chi connectivity index (χ2v) is 4.20. The van der Waals surface area contributed by atoms with E-state index in [1.54, 1.807) is 6.07 Å². The smallest absolute Gasteiger partial charge is 0.307 e. The molecule has 22 heavy (non-hydrogen) atoms. The molecule has 112 valence electrons. The molecule has 3 rings (SSSR count). The summed E-state index contributed by atoms with van der Waals surface area (Å²) in [5.41, 5.74) is 2.18. The zero-order valence-corrected chi connectivity index (χ0v) is 11.0. The lowest BCUT2D eigenvalue weighted by atomic mass is 10.1. The number of carbonyl (C=O) groups is 1. The normalized spacial score (nSPS) is 12.5. The Morgan fingerprint density at radius 2 is 2.14 bits per heavy atom. The highest BCUT2D eigenvalue weighted by atomic mass is 16.7. The van der Waals surface area contributed by atoms with Gasteiger partial charge in [0.2, 0.25) is 6.79 Å². The summed E-state index contributed by atoms with van der Waals surface area (Å²) >= 11 is 0. The highest BCUT2D eigenvalue weighted by Gasteiger charge is 2.22. The van der Waals surface area contributed by atoms with Crippen LogP contribution in [0.1, 0.15) is 16.1 Å². The molecule has 0 aliphatic carbocycles. The first-order valence-electron chi connectivity index (χ1n) is 6.10. The van der Waals surface area contributed by atoms with Gasteiger partial charge in [0.05, 0.1) is 29.0 Å².